The van der Waals surface area contributed by atoms with Gasteiger partial charge >= 0.3 is 5.69 Å². The minimum Gasteiger partial charge on any atom is -0.489 e. The number of hydrogen-bond donors (Lipinski definition) is 3. The number of aromatic amines is 2. The van der Waals surface area contributed by atoms with Crippen LogP contribution in [-0.4, -0.2) is 9.97 Å². The number of rotatable bonds is 6. The van der Waals surface area contributed by atoms with Gasteiger partial charge in [0.25, 0.3) is 0 Å². The smallest absolute Gasteiger partial charge is 0.323 e. The summed E-state index contributed by atoms with van der Waals surface area (Å²) in [5.74, 6) is 0.862. The number of ether oxygens (including phenoxy) is 1. The number of anilines is 1. The van der Waals surface area contributed by atoms with Crippen molar-refractivity contribution in [2.75, 3.05) is 5.32 Å². The highest BCUT2D eigenvalue weighted by molar-refractivity contribution is 5.88. The van der Waals surface area contributed by atoms with E-state index in [1.54, 1.807) is 0 Å². The number of hydrogen-bond acceptors (Lipinski definition) is 3. The highest BCUT2D eigenvalue weighted by atomic mass is 16.5. The van der Waals surface area contributed by atoms with Gasteiger partial charge in [0.1, 0.15) is 12.4 Å². The maximum absolute atomic E-state index is 11.5. The van der Waals surface area contributed by atoms with E-state index in [4.69, 9.17) is 4.74 Å². The van der Waals surface area contributed by atoms with Crippen LogP contribution < -0.4 is 15.7 Å². The number of H-pyrrole nitrogens is 2. The molecular formula is C25H21N3O2. The standard InChI is InChI=1S/C25H21N3O2/c29-25-27-22-12-11-19(14-23(22)28-25)26-15-21-20-9-5-4-8-18(20)10-13-24(21)30-16-17-6-2-1-3-7-17/h1-14,26H,15-16H2,(H2,27,28,29). The van der Waals surface area contributed by atoms with E-state index in [2.05, 4.69) is 45.6 Å². The lowest BCUT2D eigenvalue weighted by molar-refractivity contribution is 0.304. The fraction of sp³-hybridized carbons (Fsp3) is 0.0800. The van der Waals surface area contributed by atoms with Gasteiger partial charge in [-0.1, -0.05) is 60.7 Å². The molecule has 4 aromatic carbocycles. The van der Waals surface area contributed by atoms with Gasteiger partial charge in [0.05, 0.1) is 11.0 Å². The van der Waals surface area contributed by atoms with E-state index in [0.29, 0.717) is 13.2 Å². The second kappa shape index (κ2) is 7.79. The van der Waals surface area contributed by atoms with E-state index < -0.39 is 0 Å². The molecule has 5 rings (SSSR count). The maximum atomic E-state index is 11.5. The van der Waals surface area contributed by atoms with Gasteiger partial charge in [-0.15, -0.1) is 0 Å². The third-order valence-corrected chi connectivity index (χ3v) is 5.22. The summed E-state index contributed by atoms with van der Waals surface area (Å²) in [4.78, 5) is 17.1. The summed E-state index contributed by atoms with van der Waals surface area (Å²) in [6.07, 6.45) is 0. The summed E-state index contributed by atoms with van der Waals surface area (Å²) in [7, 11) is 0. The van der Waals surface area contributed by atoms with E-state index in [1.165, 1.54) is 5.39 Å². The number of nitrogens with one attached hydrogen (secondary N) is 3. The average Bonchev–Trinajstić information content (AvgIpc) is 3.16. The fourth-order valence-corrected chi connectivity index (χ4v) is 3.70. The number of fused-ring (bicyclic) bond motifs is 2. The van der Waals surface area contributed by atoms with Crippen molar-refractivity contribution in [3.8, 4) is 5.75 Å². The molecule has 1 heterocycles. The zero-order valence-electron chi connectivity index (χ0n) is 16.3. The molecule has 0 unspecified atom stereocenters. The molecule has 0 radical (unpaired) electrons. The molecule has 3 N–H and O–H groups in total. The van der Waals surface area contributed by atoms with Crippen LogP contribution in [0.3, 0.4) is 0 Å². The first kappa shape index (κ1) is 18.1. The Labute approximate surface area is 173 Å². The molecule has 0 aliphatic carbocycles. The first-order chi connectivity index (χ1) is 14.8. The van der Waals surface area contributed by atoms with Crippen molar-refractivity contribution in [2.24, 2.45) is 0 Å². The monoisotopic (exact) mass is 395 g/mol. The Bertz CT molecular complexity index is 1370. The van der Waals surface area contributed by atoms with E-state index in [-0.39, 0.29) is 5.69 Å². The summed E-state index contributed by atoms with van der Waals surface area (Å²) in [5.41, 5.74) is 4.54. The highest BCUT2D eigenvalue weighted by Gasteiger charge is 2.10. The third-order valence-electron chi connectivity index (χ3n) is 5.22. The quantitative estimate of drug-likeness (QED) is 0.370. The first-order valence-electron chi connectivity index (χ1n) is 9.89. The maximum Gasteiger partial charge on any atom is 0.323 e. The lowest BCUT2D eigenvalue weighted by Gasteiger charge is -2.16. The Hall–Kier alpha value is -3.99. The van der Waals surface area contributed by atoms with Crippen LogP contribution in [0.1, 0.15) is 11.1 Å². The molecule has 30 heavy (non-hydrogen) atoms. The van der Waals surface area contributed by atoms with Gasteiger partial charge < -0.3 is 20.0 Å². The SMILES string of the molecule is O=c1[nH]c2ccc(NCc3c(OCc4ccccc4)ccc4ccccc34)cc2[nH]1. The molecule has 0 aliphatic heterocycles. The minimum atomic E-state index is -0.201. The Morgan fingerprint density at radius 3 is 2.50 bits per heavy atom. The normalized spacial score (nSPS) is 11.1. The van der Waals surface area contributed by atoms with Crippen LogP contribution in [0.4, 0.5) is 5.69 Å². The molecule has 0 atom stereocenters. The molecular weight excluding hydrogens is 374 g/mol. The Balaban J connectivity index is 1.45. The largest absolute Gasteiger partial charge is 0.489 e. The molecule has 0 saturated heterocycles. The molecule has 0 bridgehead atoms. The van der Waals surface area contributed by atoms with Crippen molar-refractivity contribution in [3.63, 3.8) is 0 Å². The van der Waals surface area contributed by atoms with E-state index >= 15 is 0 Å². The van der Waals surface area contributed by atoms with Crippen LogP contribution in [0, 0.1) is 0 Å². The first-order valence-corrected chi connectivity index (χ1v) is 9.89. The van der Waals surface area contributed by atoms with Crippen molar-refractivity contribution < 1.29 is 4.74 Å². The zero-order valence-corrected chi connectivity index (χ0v) is 16.3. The zero-order chi connectivity index (χ0) is 20.3. The number of benzene rings is 4. The van der Waals surface area contributed by atoms with Crippen molar-refractivity contribution in [2.45, 2.75) is 13.2 Å². The molecule has 148 valence electrons. The van der Waals surface area contributed by atoms with Crippen LogP contribution in [0.15, 0.2) is 89.7 Å². The molecule has 0 spiro atoms. The van der Waals surface area contributed by atoms with Crippen molar-refractivity contribution in [3.05, 3.63) is 107 Å². The lowest BCUT2D eigenvalue weighted by Crippen LogP contribution is -2.04. The van der Waals surface area contributed by atoms with Gasteiger partial charge in [-0.3, -0.25) is 0 Å². The predicted octanol–water partition coefficient (Wildman–Crippen LogP) is 5.20. The predicted molar refractivity (Wildman–Crippen MR) is 121 cm³/mol. The number of imidazole rings is 1. The van der Waals surface area contributed by atoms with E-state index in [9.17, 15) is 4.79 Å². The van der Waals surface area contributed by atoms with Crippen LogP contribution >= 0.6 is 0 Å². The van der Waals surface area contributed by atoms with Gasteiger partial charge in [-0.05, 0) is 40.6 Å². The summed E-state index contributed by atoms with van der Waals surface area (Å²) >= 11 is 0. The van der Waals surface area contributed by atoms with Crippen molar-refractivity contribution >= 4 is 27.5 Å². The van der Waals surface area contributed by atoms with Crippen molar-refractivity contribution in [1.82, 2.24) is 9.97 Å². The summed E-state index contributed by atoms with van der Waals surface area (Å²) < 4.78 is 6.20. The molecule has 5 nitrogen and oxygen atoms in total. The molecule has 5 aromatic rings. The molecule has 0 saturated carbocycles. The summed E-state index contributed by atoms with van der Waals surface area (Å²) in [5, 5.41) is 5.81. The molecule has 1 aromatic heterocycles. The topological polar surface area (TPSA) is 69.9 Å². The molecule has 0 fully saturated rings. The van der Waals surface area contributed by atoms with Gasteiger partial charge in [-0.2, -0.15) is 0 Å². The molecule has 0 aliphatic rings. The van der Waals surface area contributed by atoms with Crippen LogP contribution in [-0.2, 0) is 13.2 Å². The second-order valence-electron chi connectivity index (χ2n) is 7.23. The third kappa shape index (κ3) is 3.65. The van der Waals surface area contributed by atoms with Crippen LogP contribution in [0.2, 0.25) is 0 Å². The molecule has 0 amide bonds. The molecule has 5 heteroatoms. The van der Waals surface area contributed by atoms with E-state index in [0.717, 1.165) is 39.0 Å². The van der Waals surface area contributed by atoms with Gasteiger partial charge in [0.2, 0.25) is 0 Å². The van der Waals surface area contributed by atoms with Gasteiger partial charge in [0.15, 0.2) is 0 Å². The van der Waals surface area contributed by atoms with Gasteiger partial charge in [0, 0.05) is 17.8 Å². The minimum absolute atomic E-state index is 0.201. The Morgan fingerprint density at radius 1 is 0.800 bits per heavy atom. The average molecular weight is 395 g/mol. The Kier molecular flexibility index (Phi) is 4.69. The fourth-order valence-electron chi connectivity index (χ4n) is 3.70. The Morgan fingerprint density at radius 2 is 1.60 bits per heavy atom. The van der Waals surface area contributed by atoms with Crippen molar-refractivity contribution in [1.29, 1.82) is 0 Å². The van der Waals surface area contributed by atoms with Crippen LogP contribution in [0.25, 0.3) is 21.8 Å². The summed E-state index contributed by atoms with van der Waals surface area (Å²) in [6, 6.07) is 28.4. The summed E-state index contributed by atoms with van der Waals surface area (Å²) in [6.45, 7) is 1.12. The van der Waals surface area contributed by atoms with E-state index in [1.807, 2.05) is 54.6 Å². The van der Waals surface area contributed by atoms with Crippen LogP contribution in [0.5, 0.6) is 5.75 Å². The highest BCUT2D eigenvalue weighted by Crippen LogP contribution is 2.30. The lowest BCUT2D eigenvalue weighted by atomic mass is 10.0. The van der Waals surface area contributed by atoms with Gasteiger partial charge in [-0.25, -0.2) is 4.79 Å². The second-order valence-corrected chi connectivity index (χ2v) is 7.23. The number of aromatic nitrogens is 2.